The van der Waals surface area contributed by atoms with Gasteiger partial charge in [0.2, 0.25) is 0 Å². The smallest absolute Gasteiger partial charge is 0.331 e. The normalized spacial score (nSPS) is 13.6. The maximum atomic E-state index is 6.08. The Labute approximate surface area is 135 Å². The molecule has 0 bridgehead atoms. The summed E-state index contributed by atoms with van der Waals surface area (Å²) in [6, 6.07) is 0. The molecule has 0 rings (SSSR count). The van der Waals surface area contributed by atoms with Gasteiger partial charge >= 0.3 is 8.56 Å². The summed E-state index contributed by atoms with van der Waals surface area (Å²) in [5.41, 5.74) is 0. The van der Waals surface area contributed by atoms with E-state index >= 15 is 0 Å². The third kappa shape index (κ3) is 14.8. The molecule has 0 heterocycles. The summed E-state index contributed by atoms with van der Waals surface area (Å²) in [4.78, 5) is 0. The van der Waals surface area contributed by atoms with Crippen LogP contribution in [0.4, 0.5) is 0 Å². The van der Waals surface area contributed by atoms with E-state index in [0.29, 0.717) is 6.10 Å². The van der Waals surface area contributed by atoms with Crippen LogP contribution in [0, 0.1) is 0 Å². The Morgan fingerprint density at radius 3 is 1.81 bits per heavy atom. The highest BCUT2D eigenvalue weighted by Crippen LogP contribution is 2.14. The molecule has 0 amide bonds. The Hall–Kier alpha value is 0.137. The minimum absolute atomic E-state index is 0.347. The molecule has 0 aromatic rings. The van der Waals surface area contributed by atoms with E-state index in [4.69, 9.17) is 8.85 Å². The molecule has 1 atom stereocenters. The number of hydrogen-bond donors (Lipinski definition) is 0. The minimum atomic E-state index is -1.89. The number of rotatable bonds is 15. The Morgan fingerprint density at radius 2 is 1.29 bits per heavy atom. The lowest BCUT2D eigenvalue weighted by Gasteiger charge is -2.26. The lowest BCUT2D eigenvalue weighted by Crippen LogP contribution is -2.38. The topological polar surface area (TPSA) is 18.5 Å². The molecule has 0 aliphatic carbocycles. The first-order valence-corrected chi connectivity index (χ1v) is 12.1. The predicted octanol–water partition coefficient (Wildman–Crippen LogP) is 6.44. The standard InChI is InChI=1S/C18H40O2Si/c1-6-8-9-10-11-12-13-14-15-17-19-21(4,5)20-18(3)16-7-2/h18H,6-17H2,1-5H3. The van der Waals surface area contributed by atoms with Crippen molar-refractivity contribution in [2.24, 2.45) is 0 Å². The zero-order valence-electron chi connectivity index (χ0n) is 15.4. The highest BCUT2D eigenvalue weighted by molar-refractivity contribution is 6.64. The van der Waals surface area contributed by atoms with E-state index in [2.05, 4.69) is 33.9 Å². The van der Waals surface area contributed by atoms with Gasteiger partial charge in [0.1, 0.15) is 0 Å². The van der Waals surface area contributed by atoms with E-state index in [1.54, 1.807) is 0 Å². The van der Waals surface area contributed by atoms with Crippen LogP contribution in [-0.4, -0.2) is 21.3 Å². The lowest BCUT2D eigenvalue weighted by atomic mass is 10.1. The lowest BCUT2D eigenvalue weighted by molar-refractivity contribution is 0.123. The molecule has 0 radical (unpaired) electrons. The highest BCUT2D eigenvalue weighted by atomic mass is 28.4. The Bertz CT molecular complexity index is 219. The fourth-order valence-electron chi connectivity index (χ4n) is 2.71. The summed E-state index contributed by atoms with van der Waals surface area (Å²) in [7, 11) is -1.89. The predicted molar refractivity (Wildman–Crippen MR) is 96.1 cm³/mol. The molecular weight excluding hydrogens is 276 g/mol. The molecule has 0 fully saturated rings. The van der Waals surface area contributed by atoms with Crippen LogP contribution in [0.3, 0.4) is 0 Å². The van der Waals surface area contributed by atoms with Crippen LogP contribution < -0.4 is 0 Å². The van der Waals surface area contributed by atoms with Crippen LogP contribution in [0.15, 0.2) is 0 Å². The third-order valence-corrected chi connectivity index (χ3v) is 5.75. The summed E-state index contributed by atoms with van der Waals surface area (Å²) in [6.07, 6.45) is 14.9. The third-order valence-electron chi connectivity index (χ3n) is 3.88. The molecule has 128 valence electrons. The second-order valence-electron chi connectivity index (χ2n) is 6.79. The van der Waals surface area contributed by atoms with E-state index in [1.807, 2.05) is 0 Å². The maximum Gasteiger partial charge on any atom is 0.331 e. The SMILES string of the molecule is CCCCCCCCCCCO[Si](C)(C)OC(C)CCC. The maximum absolute atomic E-state index is 6.08. The molecule has 2 nitrogen and oxygen atoms in total. The molecule has 0 saturated carbocycles. The molecule has 0 N–H and O–H groups in total. The van der Waals surface area contributed by atoms with E-state index in [-0.39, 0.29) is 0 Å². The van der Waals surface area contributed by atoms with Crippen molar-refractivity contribution in [2.75, 3.05) is 6.61 Å². The molecule has 0 aromatic heterocycles. The van der Waals surface area contributed by atoms with E-state index in [9.17, 15) is 0 Å². The van der Waals surface area contributed by atoms with Gasteiger partial charge in [-0.05, 0) is 32.9 Å². The summed E-state index contributed by atoms with van der Waals surface area (Å²) in [5, 5.41) is 0. The van der Waals surface area contributed by atoms with Gasteiger partial charge in [-0.15, -0.1) is 0 Å². The van der Waals surface area contributed by atoms with Crippen molar-refractivity contribution in [2.45, 2.75) is 111 Å². The van der Waals surface area contributed by atoms with Crippen molar-refractivity contribution >= 4 is 8.56 Å². The van der Waals surface area contributed by atoms with Crippen LogP contribution >= 0.6 is 0 Å². The van der Waals surface area contributed by atoms with Crippen molar-refractivity contribution in [3.8, 4) is 0 Å². The molecule has 0 aliphatic heterocycles. The second-order valence-corrected chi connectivity index (χ2v) is 10.1. The van der Waals surface area contributed by atoms with Crippen LogP contribution in [0.5, 0.6) is 0 Å². The van der Waals surface area contributed by atoms with Gasteiger partial charge in [0.15, 0.2) is 0 Å². The van der Waals surface area contributed by atoms with Crippen molar-refractivity contribution in [3.63, 3.8) is 0 Å². The average molecular weight is 317 g/mol. The summed E-state index contributed by atoms with van der Waals surface area (Å²) < 4.78 is 12.1. The monoisotopic (exact) mass is 316 g/mol. The van der Waals surface area contributed by atoms with Crippen molar-refractivity contribution < 1.29 is 8.85 Å². The molecule has 0 saturated heterocycles. The van der Waals surface area contributed by atoms with Gasteiger partial charge < -0.3 is 8.85 Å². The van der Waals surface area contributed by atoms with Crippen LogP contribution in [-0.2, 0) is 8.85 Å². The first-order valence-electron chi connectivity index (χ1n) is 9.33. The van der Waals surface area contributed by atoms with Gasteiger partial charge in [-0.25, -0.2) is 0 Å². The minimum Gasteiger partial charge on any atom is -0.395 e. The molecule has 1 unspecified atom stereocenters. The quantitative estimate of drug-likeness (QED) is 0.255. The van der Waals surface area contributed by atoms with E-state index in [1.165, 1.54) is 64.2 Å². The van der Waals surface area contributed by atoms with E-state index in [0.717, 1.165) is 13.0 Å². The zero-order chi connectivity index (χ0) is 16.0. The van der Waals surface area contributed by atoms with Gasteiger partial charge in [0.05, 0.1) is 0 Å². The fourth-order valence-corrected chi connectivity index (χ4v) is 4.51. The molecular formula is C18H40O2Si. The Morgan fingerprint density at radius 1 is 0.762 bits per heavy atom. The number of unbranched alkanes of at least 4 members (excludes halogenated alkanes) is 8. The Balaban J connectivity index is 3.40. The zero-order valence-corrected chi connectivity index (χ0v) is 16.4. The van der Waals surface area contributed by atoms with Gasteiger partial charge in [-0.2, -0.15) is 0 Å². The largest absolute Gasteiger partial charge is 0.395 e. The van der Waals surface area contributed by atoms with Gasteiger partial charge in [-0.1, -0.05) is 71.6 Å². The summed E-state index contributed by atoms with van der Waals surface area (Å²) in [5.74, 6) is 0. The fraction of sp³-hybridized carbons (Fsp3) is 1.00. The molecule has 0 aromatic carbocycles. The van der Waals surface area contributed by atoms with Crippen molar-refractivity contribution in [1.82, 2.24) is 0 Å². The molecule has 0 spiro atoms. The van der Waals surface area contributed by atoms with Crippen molar-refractivity contribution in [3.05, 3.63) is 0 Å². The Kier molecular flexibility index (Phi) is 13.9. The van der Waals surface area contributed by atoms with Crippen LogP contribution in [0.25, 0.3) is 0 Å². The van der Waals surface area contributed by atoms with Crippen LogP contribution in [0.2, 0.25) is 13.1 Å². The van der Waals surface area contributed by atoms with E-state index < -0.39 is 8.56 Å². The number of hydrogen-bond acceptors (Lipinski definition) is 2. The molecule has 21 heavy (non-hydrogen) atoms. The summed E-state index contributed by atoms with van der Waals surface area (Å²) >= 11 is 0. The van der Waals surface area contributed by atoms with Gasteiger partial charge in [-0.3, -0.25) is 0 Å². The van der Waals surface area contributed by atoms with Crippen molar-refractivity contribution in [1.29, 1.82) is 0 Å². The van der Waals surface area contributed by atoms with Crippen LogP contribution in [0.1, 0.15) is 91.4 Å². The summed E-state index contributed by atoms with van der Waals surface area (Å²) in [6.45, 7) is 11.9. The molecule has 3 heteroatoms. The molecule has 0 aliphatic rings. The first kappa shape index (κ1) is 21.1. The first-order chi connectivity index (χ1) is 10.0. The average Bonchev–Trinajstić information content (AvgIpc) is 2.40. The van der Waals surface area contributed by atoms with Gasteiger partial charge in [0.25, 0.3) is 0 Å². The highest BCUT2D eigenvalue weighted by Gasteiger charge is 2.26. The second kappa shape index (κ2) is 13.8. The van der Waals surface area contributed by atoms with Gasteiger partial charge in [0, 0.05) is 12.7 Å².